The number of morpholine rings is 1. The number of rotatable bonds is 7. The van der Waals surface area contributed by atoms with Crippen molar-refractivity contribution in [1.82, 2.24) is 5.32 Å². The summed E-state index contributed by atoms with van der Waals surface area (Å²) < 4.78 is 24.0. The maximum atomic E-state index is 13.1. The smallest absolute Gasteiger partial charge is 0.253 e. The van der Waals surface area contributed by atoms with Gasteiger partial charge in [-0.15, -0.1) is 0 Å². The summed E-state index contributed by atoms with van der Waals surface area (Å²) in [6, 6.07) is 13.1. The van der Waals surface area contributed by atoms with E-state index in [1.165, 1.54) is 12.1 Å². The van der Waals surface area contributed by atoms with Crippen LogP contribution in [0.15, 0.2) is 48.5 Å². The fourth-order valence-corrected chi connectivity index (χ4v) is 2.96. The monoisotopic (exact) mass is 386 g/mol. The van der Waals surface area contributed by atoms with Crippen LogP contribution in [0, 0.1) is 5.82 Å². The minimum atomic E-state index is -0.359. The SMILES string of the molecule is CCOc1ccc(CC(=O)NCC2CN(c3ccc(F)cc3)C(=O)CO2)cc1. The number of hydrogen-bond acceptors (Lipinski definition) is 4. The van der Waals surface area contributed by atoms with Crippen molar-refractivity contribution in [1.29, 1.82) is 0 Å². The Balaban J connectivity index is 1.50. The summed E-state index contributed by atoms with van der Waals surface area (Å²) in [7, 11) is 0. The largest absolute Gasteiger partial charge is 0.494 e. The molecule has 0 bridgehead atoms. The van der Waals surface area contributed by atoms with Crippen molar-refractivity contribution in [3.63, 3.8) is 0 Å². The number of anilines is 1. The molecule has 1 aliphatic heterocycles. The first-order valence-electron chi connectivity index (χ1n) is 9.21. The molecule has 2 aromatic rings. The molecule has 1 aliphatic rings. The second-order valence-electron chi connectivity index (χ2n) is 6.47. The lowest BCUT2D eigenvalue weighted by molar-refractivity contribution is -0.129. The Bertz CT molecular complexity index is 808. The Morgan fingerprint density at radius 3 is 2.61 bits per heavy atom. The summed E-state index contributed by atoms with van der Waals surface area (Å²) in [5, 5.41) is 2.84. The van der Waals surface area contributed by atoms with E-state index in [1.807, 2.05) is 31.2 Å². The number of ether oxygens (including phenoxy) is 2. The minimum Gasteiger partial charge on any atom is -0.494 e. The molecule has 7 heteroatoms. The van der Waals surface area contributed by atoms with Crippen LogP contribution in [0.1, 0.15) is 12.5 Å². The van der Waals surface area contributed by atoms with Crippen LogP contribution in [0.3, 0.4) is 0 Å². The van der Waals surface area contributed by atoms with E-state index in [1.54, 1.807) is 17.0 Å². The van der Waals surface area contributed by atoms with Gasteiger partial charge in [-0.25, -0.2) is 4.39 Å². The number of carbonyl (C=O) groups excluding carboxylic acids is 2. The molecular formula is C21H23FN2O4. The van der Waals surface area contributed by atoms with Gasteiger partial charge in [-0.3, -0.25) is 9.59 Å². The van der Waals surface area contributed by atoms with Crippen LogP contribution in [-0.2, 0) is 20.7 Å². The third-order valence-electron chi connectivity index (χ3n) is 4.39. The zero-order valence-corrected chi connectivity index (χ0v) is 15.7. The van der Waals surface area contributed by atoms with E-state index in [-0.39, 0.29) is 36.8 Å². The maximum absolute atomic E-state index is 13.1. The lowest BCUT2D eigenvalue weighted by atomic mass is 10.1. The van der Waals surface area contributed by atoms with Gasteiger partial charge in [-0.1, -0.05) is 12.1 Å². The van der Waals surface area contributed by atoms with Crippen LogP contribution in [-0.4, -0.2) is 44.2 Å². The number of nitrogens with one attached hydrogen (secondary N) is 1. The lowest BCUT2D eigenvalue weighted by Gasteiger charge is -2.32. The molecule has 1 unspecified atom stereocenters. The molecular weight excluding hydrogens is 363 g/mol. The molecule has 0 aliphatic carbocycles. The standard InChI is InChI=1S/C21H23FN2O4/c1-2-27-18-9-3-15(4-10-18)11-20(25)23-12-19-13-24(21(26)14-28-19)17-7-5-16(22)6-8-17/h3-10,19H,2,11-14H2,1H3,(H,23,25). The van der Waals surface area contributed by atoms with E-state index in [0.717, 1.165) is 11.3 Å². The summed E-state index contributed by atoms with van der Waals surface area (Å²) in [4.78, 5) is 25.8. The average Bonchev–Trinajstić information content (AvgIpc) is 2.70. The summed E-state index contributed by atoms with van der Waals surface area (Å²) in [6.07, 6.45) is -0.0771. The molecule has 2 amide bonds. The molecule has 1 saturated heterocycles. The number of halogens is 1. The van der Waals surface area contributed by atoms with Gasteiger partial charge < -0.3 is 19.7 Å². The first-order chi connectivity index (χ1) is 13.5. The van der Waals surface area contributed by atoms with Gasteiger partial charge in [0.05, 0.1) is 25.7 Å². The Morgan fingerprint density at radius 2 is 1.93 bits per heavy atom. The van der Waals surface area contributed by atoms with Gasteiger partial charge in [0.2, 0.25) is 5.91 Å². The highest BCUT2D eigenvalue weighted by Crippen LogP contribution is 2.19. The molecule has 148 valence electrons. The molecule has 6 nitrogen and oxygen atoms in total. The van der Waals surface area contributed by atoms with Crippen molar-refractivity contribution < 1.29 is 23.5 Å². The first-order valence-corrected chi connectivity index (χ1v) is 9.21. The molecule has 0 aromatic heterocycles. The topological polar surface area (TPSA) is 67.9 Å². The molecule has 1 atom stereocenters. The highest BCUT2D eigenvalue weighted by atomic mass is 19.1. The van der Waals surface area contributed by atoms with E-state index in [4.69, 9.17) is 9.47 Å². The van der Waals surface area contributed by atoms with Gasteiger partial charge in [0, 0.05) is 12.2 Å². The summed E-state index contributed by atoms with van der Waals surface area (Å²) in [5.74, 6) is 0.0944. The highest BCUT2D eigenvalue weighted by Gasteiger charge is 2.27. The third-order valence-corrected chi connectivity index (χ3v) is 4.39. The first kappa shape index (κ1) is 19.8. The zero-order valence-electron chi connectivity index (χ0n) is 15.7. The molecule has 1 heterocycles. The lowest BCUT2D eigenvalue weighted by Crippen LogP contribution is -2.50. The zero-order chi connectivity index (χ0) is 19.9. The van der Waals surface area contributed by atoms with E-state index in [2.05, 4.69) is 5.32 Å². The minimum absolute atomic E-state index is 0.0726. The van der Waals surface area contributed by atoms with Gasteiger partial charge in [-0.05, 0) is 48.9 Å². The van der Waals surface area contributed by atoms with E-state index in [9.17, 15) is 14.0 Å². The Hall–Kier alpha value is -2.93. The van der Waals surface area contributed by atoms with Crippen LogP contribution >= 0.6 is 0 Å². The molecule has 1 N–H and O–H groups in total. The second-order valence-corrected chi connectivity index (χ2v) is 6.47. The quantitative estimate of drug-likeness (QED) is 0.793. The van der Waals surface area contributed by atoms with E-state index in [0.29, 0.717) is 25.4 Å². The van der Waals surface area contributed by atoms with Crippen LogP contribution in [0.25, 0.3) is 0 Å². The molecule has 3 rings (SSSR count). The van der Waals surface area contributed by atoms with Gasteiger partial charge in [0.15, 0.2) is 0 Å². The van der Waals surface area contributed by atoms with E-state index >= 15 is 0 Å². The summed E-state index contributed by atoms with van der Waals surface area (Å²) in [5.41, 5.74) is 1.49. The van der Waals surface area contributed by atoms with Crippen molar-refractivity contribution in [2.45, 2.75) is 19.4 Å². The van der Waals surface area contributed by atoms with Crippen LogP contribution in [0.5, 0.6) is 5.75 Å². The predicted octanol–water partition coefficient (Wildman–Crippen LogP) is 2.32. The normalized spacial score (nSPS) is 16.7. The average molecular weight is 386 g/mol. The number of amides is 2. The third kappa shape index (κ3) is 5.29. The number of carbonyl (C=O) groups is 2. The van der Waals surface area contributed by atoms with Crippen molar-refractivity contribution in [2.24, 2.45) is 0 Å². The second kappa shape index (κ2) is 9.32. The van der Waals surface area contributed by atoms with Gasteiger partial charge in [0.25, 0.3) is 5.91 Å². The highest BCUT2D eigenvalue weighted by molar-refractivity contribution is 5.95. The van der Waals surface area contributed by atoms with E-state index < -0.39 is 0 Å². The van der Waals surface area contributed by atoms with Gasteiger partial charge >= 0.3 is 0 Å². The van der Waals surface area contributed by atoms with Crippen LogP contribution in [0.2, 0.25) is 0 Å². The molecule has 1 fully saturated rings. The Labute approximate surface area is 163 Å². The van der Waals surface area contributed by atoms with Crippen LogP contribution in [0.4, 0.5) is 10.1 Å². The Kier molecular flexibility index (Phi) is 6.60. The van der Waals surface area contributed by atoms with Crippen molar-refractivity contribution in [3.8, 4) is 5.75 Å². The molecule has 28 heavy (non-hydrogen) atoms. The fourth-order valence-electron chi connectivity index (χ4n) is 2.96. The summed E-state index contributed by atoms with van der Waals surface area (Å²) >= 11 is 0. The van der Waals surface area contributed by atoms with Crippen LogP contribution < -0.4 is 15.0 Å². The van der Waals surface area contributed by atoms with Gasteiger partial charge in [-0.2, -0.15) is 0 Å². The number of nitrogens with zero attached hydrogens (tertiary/aromatic N) is 1. The maximum Gasteiger partial charge on any atom is 0.253 e. The fraction of sp³-hybridized carbons (Fsp3) is 0.333. The molecule has 0 spiro atoms. The van der Waals surface area contributed by atoms with Crippen molar-refractivity contribution >= 4 is 17.5 Å². The number of benzene rings is 2. The van der Waals surface area contributed by atoms with Crippen molar-refractivity contribution in [3.05, 3.63) is 59.9 Å². The summed E-state index contributed by atoms with van der Waals surface area (Å²) in [6.45, 7) is 3.03. The molecule has 0 radical (unpaired) electrons. The van der Waals surface area contributed by atoms with Gasteiger partial charge in [0.1, 0.15) is 18.2 Å². The predicted molar refractivity (Wildman–Crippen MR) is 103 cm³/mol. The Morgan fingerprint density at radius 1 is 1.21 bits per heavy atom. The van der Waals surface area contributed by atoms with Crippen molar-refractivity contribution in [2.75, 3.05) is 31.2 Å². The molecule has 0 saturated carbocycles. The number of hydrogen-bond donors (Lipinski definition) is 1. The molecule has 2 aromatic carbocycles.